The van der Waals surface area contributed by atoms with Crippen LogP contribution in [0.4, 0.5) is 5.82 Å². The first-order valence-electron chi connectivity index (χ1n) is 7.15. The van der Waals surface area contributed by atoms with Gasteiger partial charge in [0.15, 0.2) is 0 Å². The Bertz CT molecular complexity index is 635. The molecule has 3 heterocycles. The molecule has 1 amide bonds. The molecule has 110 valence electrons. The van der Waals surface area contributed by atoms with Crippen LogP contribution in [0.15, 0.2) is 30.7 Å². The fourth-order valence-corrected chi connectivity index (χ4v) is 2.57. The minimum absolute atomic E-state index is 0.0823. The maximum absolute atomic E-state index is 12.1. The van der Waals surface area contributed by atoms with Gasteiger partial charge in [-0.1, -0.05) is 0 Å². The lowest BCUT2D eigenvalue weighted by Gasteiger charge is -2.25. The standard InChI is InChI=1S/C15H19N5O/c1-10(2)19-15(21)13-8-18-20-9-12(7-17-14(13)20)11-3-5-16-6-4-11/h3-6,8,10,12,17H,7,9H2,1-2H3,(H,19,21). The zero-order valence-electron chi connectivity index (χ0n) is 12.2. The monoisotopic (exact) mass is 285 g/mol. The van der Waals surface area contributed by atoms with E-state index in [-0.39, 0.29) is 11.9 Å². The van der Waals surface area contributed by atoms with Gasteiger partial charge in [0.1, 0.15) is 11.4 Å². The highest BCUT2D eigenvalue weighted by Crippen LogP contribution is 2.27. The van der Waals surface area contributed by atoms with Crippen molar-refractivity contribution in [2.75, 3.05) is 11.9 Å². The van der Waals surface area contributed by atoms with Crippen molar-refractivity contribution in [3.63, 3.8) is 0 Å². The van der Waals surface area contributed by atoms with Gasteiger partial charge in [0.2, 0.25) is 0 Å². The average Bonchev–Trinajstić information content (AvgIpc) is 2.90. The molecule has 0 fully saturated rings. The third-order valence-corrected chi connectivity index (χ3v) is 3.59. The summed E-state index contributed by atoms with van der Waals surface area (Å²) in [6.45, 7) is 5.44. The minimum atomic E-state index is -0.0823. The first-order valence-corrected chi connectivity index (χ1v) is 7.15. The van der Waals surface area contributed by atoms with E-state index >= 15 is 0 Å². The van der Waals surface area contributed by atoms with E-state index in [0.717, 1.165) is 18.9 Å². The quantitative estimate of drug-likeness (QED) is 0.899. The highest BCUT2D eigenvalue weighted by atomic mass is 16.1. The Labute approximate surface area is 123 Å². The molecule has 0 saturated carbocycles. The van der Waals surface area contributed by atoms with Gasteiger partial charge in [-0.3, -0.25) is 9.78 Å². The Kier molecular flexibility index (Phi) is 3.60. The summed E-state index contributed by atoms with van der Waals surface area (Å²) >= 11 is 0. The predicted octanol–water partition coefficient (Wildman–Crippen LogP) is 1.63. The van der Waals surface area contributed by atoms with Crippen molar-refractivity contribution < 1.29 is 4.79 Å². The van der Waals surface area contributed by atoms with Gasteiger partial charge in [-0.05, 0) is 31.5 Å². The molecule has 0 radical (unpaired) electrons. The Balaban J connectivity index is 1.80. The summed E-state index contributed by atoms with van der Waals surface area (Å²) in [4.78, 5) is 16.2. The van der Waals surface area contributed by atoms with Crippen LogP contribution in [0.5, 0.6) is 0 Å². The molecule has 21 heavy (non-hydrogen) atoms. The second-order valence-corrected chi connectivity index (χ2v) is 5.58. The van der Waals surface area contributed by atoms with Crippen molar-refractivity contribution in [2.24, 2.45) is 0 Å². The van der Waals surface area contributed by atoms with E-state index in [4.69, 9.17) is 0 Å². The van der Waals surface area contributed by atoms with Crippen molar-refractivity contribution >= 4 is 11.7 Å². The van der Waals surface area contributed by atoms with Crippen LogP contribution in [0.2, 0.25) is 0 Å². The zero-order valence-corrected chi connectivity index (χ0v) is 12.2. The fraction of sp³-hybridized carbons (Fsp3) is 0.400. The Morgan fingerprint density at radius 2 is 2.19 bits per heavy atom. The summed E-state index contributed by atoms with van der Waals surface area (Å²) < 4.78 is 1.86. The third-order valence-electron chi connectivity index (χ3n) is 3.59. The lowest BCUT2D eigenvalue weighted by molar-refractivity contribution is 0.0944. The van der Waals surface area contributed by atoms with E-state index in [1.54, 1.807) is 18.6 Å². The lowest BCUT2D eigenvalue weighted by Crippen LogP contribution is -2.32. The molecule has 1 unspecified atom stereocenters. The molecule has 1 atom stereocenters. The largest absolute Gasteiger partial charge is 0.369 e. The molecule has 6 heteroatoms. The van der Waals surface area contributed by atoms with E-state index in [0.29, 0.717) is 11.5 Å². The molecule has 2 N–H and O–H groups in total. The van der Waals surface area contributed by atoms with E-state index in [2.05, 4.69) is 20.7 Å². The number of nitrogens with zero attached hydrogens (tertiary/aromatic N) is 3. The number of amides is 1. The molecule has 0 aliphatic carbocycles. The number of aromatic nitrogens is 3. The highest BCUT2D eigenvalue weighted by Gasteiger charge is 2.25. The highest BCUT2D eigenvalue weighted by molar-refractivity contribution is 5.98. The molecule has 1 aliphatic heterocycles. The van der Waals surface area contributed by atoms with Crippen LogP contribution in [-0.2, 0) is 6.54 Å². The number of pyridine rings is 1. The Morgan fingerprint density at radius 3 is 2.90 bits per heavy atom. The second-order valence-electron chi connectivity index (χ2n) is 5.58. The first kappa shape index (κ1) is 13.6. The normalized spacial score (nSPS) is 17.2. The number of hydrogen-bond acceptors (Lipinski definition) is 4. The third kappa shape index (κ3) is 2.74. The van der Waals surface area contributed by atoms with Crippen molar-refractivity contribution in [3.05, 3.63) is 41.9 Å². The minimum Gasteiger partial charge on any atom is -0.369 e. The number of carbonyl (C=O) groups is 1. The van der Waals surface area contributed by atoms with Crippen LogP contribution in [0.1, 0.15) is 35.7 Å². The van der Waals surface area contributed by atoms with Gasteiger partial charge in [0.25, 0.3) is 5.91 Å². The second kappa shape index (κ2) is 5.55. The smallest absolute Gasteiger partial charge is 0.256 e. The van der Waals surface area contributed by atoms with E-state index in [1.165, 1.54) is 5.56 Å². The van der Waals surface area contributed by atoms with E-state index < -0.39 is 0 Å². The predicted molar refractivity (Wildman–Crippen MR) is 80.3 cm³/mol. The van der Waals surface area contributed by atoms with Crippen molar-refractivity contribution in [1.82, 2.24) is 20.1 Å². The number of carbonyl (C=O) groups excluding carboxylic acids is 1. The fourth-order valence-electron chi connectivity index (χ4n) is 2.57. The summed E-state index contributed by atoms with van der Waals surface area (Å²) in [5.41, 5.74) is 1.84. The van der Waals surface area contributed by atoms with Gasteiger partial charge in [0, 0.05) is 30.9 Å². The van der Waals surface area contributed by atoms with Crippen molar-refractivity contribution in [2.45, 2.75) is 32.4 Å². The van der Waals surface area contributed by atoms with Crippen LogP contribution in [-0.4, -0.2) is 33.3 Å². The van der Waals surface area contributed by atoms with Gasteiger partial charge in [0.05, 0.1) is 12.7 Å². The van der Waals surface area contributed by atoms with Crippen molar-refractivity contribution in [1.29, 1.82) is 0 Å². The average molecular weight is 285 g/mol. The number of hydrogen-bond donors (Lipinski definition) is 2. The molecule has 2 aromatic heterocycles. The summed E-state index contributed by atoms with van der Waals surface area (Å²) in [6, 6.07) is 4.15. The van der Waals surface area contributed by atoms with E-state index in [9.17, 15) is 4.79 Å². The zero-order chi connectivity index (χ0) is 14.8. The summed E-state index contributed by atoms with van der Waals surface area (Å²) in [5.74, 6) is 1.06. The molecule has 1 aliphatic rings. The molecule has 0 spiro atoms. The molecule has 0 bridgehead atoms. The Hall–Kier alpha value is -2.37. The SMILES string of the molecule is CC(C)NC(=O)c1cnn2c1NCC(c1ccncc1)C2. The summed E-state index contributed by atoms with van der Waals surface area (Å²) in [7, 11) is 0. The summed E-state index contributed by atoms with van der Waals surface area (Å²) in [5, 5.41) is 10.6. The maximum Gasteiger partial charge on any atom is 0.256 e. The number of rotatable bonds is 3. The molecule has 0 aromatic carbocycles. The molecule has 3 rings (SSSR count). The number of nitrogens with one attached hydrogen (secondary N) is 2. The topological polar surface area (TPSA) is 71.8 Å². The van der Waals surface area contributed by atoms with Gasteiger partial charge >= 0.3 is 0 Å². The number of fused-ring (bicyclic) bond motifs is 1. The van der Waals surface area contributed by atoms with Gasteiger partial charge in [-0.2, -0.15) is 5.10 Å². The molecular formula is C15H19N5O. The van der Waals surface area contributed by atoms with E-state index in [1.807, 2.05) is 30.7 Å². The molecule has 0 saturated heterocycles. The van der Waals surface area contributed by atoms with Gasteiger partial charge in [-0.15, -0.1) is 0 Å². The van der Waals surface area contributed by atoms with Crippen LogP contribution in [0.25, 0.3) is 0 Å². The van der Waals surface area contributed by atoms with Crippen LogP contribution in [0, 0.1) is 0 Å². The van der Waals surface area contributed by atoms with Crippen LogP contribution < -0.4 is 10.6 Å². The maximum atomic E-state index is 12.1. The summed E-state index contributed by atoms with van der Waals surface area (Å²) in [6.07, 6.45) is 5.24. The van der Waals surface area contributed by atoms with Crippen LogP contribution in [0.3, 0.4) is 0 Å². The van der Waals surface area contributed by atoms with Crippen molar-refractivity contribution in [3.8, 4) is 0 Å². The molecule has 6 nitrogen and oxygen atoms in total. The lowest BCUT2D eigenvalue weighted by atomic mass is 9.99. The molecular weight excluding hydrogens is 266 g/mol. The Morgan fingerprint density at radius 1 is 1.43 bits per heavy atom. The number of anilines is 1. The molecule has 2 aromatic rings. The van der Waals surface area contributed by atoms with Crippen LogP contribution >= 0.6 is 0 Å². The first-order chi connectivity index (χ1) is 10.1. The van der Waals surface area contributed by atoms with Gasteiger partial charge in [-0.25, -0.2) is 4.68 Å². The van der Waals surface area contributed by atoms with Gasteiger partial charge < -0.3 is 10.6 Å².